The van der Waals surface area contributed by atoms with Gasteiger partial charge in [-0.25, -0.2) is 9.59 Å². The van der Waals surface area contributed by atoms with Crippen LogP contribution in [0.5, 0.6) is 0 Å². The molecular weight excluding hydrogens is 175 g/mol. The molecule has 0 bridgehead atoms. The van der Waals surface area contributed by atoms with Gasteiger partial charge in [0.05, 0.1) is 0 Å². The Morgan fingerprint density at radius 2 is 1.85 bits per heavy atom. The quantitative estimate of drug-likeness (QED) is 0.401. The number of carbonyl (C=O) groups excluding carboxylic acids is 2. The zero-order chi connectivity index (χ0) is 9.68. The minimum absolute atomic E-state index is 0.0880. The summed E-state index contributed by atoms with van der Waals surface area (Å²) in [4.78, 5) is 20.2. The first-order valence-electron chi connectivity index (χ1n) is 3.60. The Bertz CT molecular complexity index is 308. The summed E-state index contributed by atoms with van der Waals surface area (Å²) >= 11 is 0. The minimum atomic E-state index is -2.07. The fourth-order valence-corrected chi connectivity index (χ4v) is 0.780. The van der Waals surface area contributed by atoms with Gasteiger partial charge in [-0.05, 0) is 5.56 Å². The van der Waals surface area contributed by atoms with E-state index in [1.807, 2.05) is 0 Å². The summed E-state index contributed by atoms with van der Waals surface area (Å²) in [5, 5.41) is 0. The fraction of sp³-hybridized carbons (Fsp3) is 0.111. The van der Waals surface area contributed by atoms with E-state index in [0.717, 1.165) is 0 Å². The Kier molecular flexibility index (Phi) is 3.14. The van der Waals surface area contributed by atoms with E-state index in [9.17, 15) is 14.0 Å². The molecule has 0 N–H and O–H groups in total. The molecule has 0 saturated heterocycles. The maximum atomic E-state index is 11.7. The summed E-state index contributed by atoms with van der Waals surface area (Å²) in [5.74, 6) is -1.45. The summed E-state index contributed by atoms with van der Waals surface area (Å²) in [6.45, 7) is -0.0880. The molecule has 0 heterocycles. The van der Waals surface area contributed by atoms with E-state index in [1.165, 1.54) is 0 Å². The molecule has 0 aliphatic heterocycles. The van der Waals surface area contributed by atoms with Gasteiger partial charge in [0, 0.05) is 0 Å². The lowest BCUT2D eigenvalue weighted by atomic mass is 10.2. The van der Waals surface area contributed by atoms with Gasteiger partial charge in [-0.3, -0.25) is 0 Å². The summed E-state index contributed by atoms with van der Waals surface area (Å²) < 4.78 is 16.0. The standard InChI is InChI=1S/C9H7FO3/c10-8(11)9(12)13-6-7-4-2-1-3-5-7/h1-5H,6H2. The normalized spacial score (nSPS) is 9.31. The lowest BCUT2D eigenvalue weighted by molar-refractivity contribution is -0.160. The van der Waals surface area contributed by atoms with Gasteiger partial charge >= 0.3 is 12.0 Å². The van der Waals surface area contributed by atoms with Crippen molar-refractivity contribution >= 4 is 12.0 Å². The highest BCUT2D eigenvalue weighted by atomic mass is 19.1. The first-order valence-corrected chi connectivity index (χ1v) is 3.60. The van der Waals surface area contributed by atoms with Crippen LogP contribution in [0.3, 0.4) is 0 Å². The molecule has 1 aromatic rings. The highest BCUT2D eigenvalue weighted by Crippen LogP contribution is 2.00. The molecular formula is C9H7FO3. The van der Waals surface area contributed by atoms with Crippen molar-refractivity contribution in [3.05, 3.63) is 35.9 Å². The average Bonchev–Trinajstić information content (AvgIpc) is 2.15. The molecule has 1 rings (SSSR count). The van der Waals surface area contributed by atoms with Gasteiger partial charge < -0.3 is 4.74 Å². The van der Waals surface area contributed by atoms with E-state index in [0.29, 0.717) is 5.56 Å². The molecule has 0 aliphatic rings. The van der Waals surface area contributed by atoms with Gasteiger partial charge in [-0.2, -0.15) is 4.39 Å². The zero-order valence-electron chi connectivity index (χ0n) is 6.70. The molecule has 13 heavy (non-hydrogen) atoms. The number of ether oxygens (including phenoxy) is 1. The summed E-state index contributed by atoms with van der Waals surface area (Å²) in [6.07, 6.45) is 0. The van der Waals surface area contributed by atoms with Crippen LogP contribution in [0.15, 0.2) is 30.3 Å². The second-order valence-electron chi connectivity index (χ2n) is 2.34. The average molecular weight is 182 g/mol. The van der Waals surface area contributed by atoms with Crippen LogP contribution in [-0.2, 0) is 20.9 Å². The van der Waals surface area contributed by atoms with Gasteiger partial charge in [0.2, 0.25) is 0 Å². The van der Waals surface area contributed by atoms with Crippen molar-refractivity contribution in [1.82, 2.24) is 0 Å². The minimum Gasteiger partial charge on any atom is -0.453 e. The monoisotopic (exact) mass is 182 g/mol. The van der Waals surface area contributed by atoms with E-state index in [1.54, 1.807) is 30.3 Å². The maximum absolute atomic E-state index is 11.7. The van der Waals surface area contributed by atoms with Crippen molar-refractivity contribution in [3.8, 4) is 0 Å². The summed E-state index contributed by atoms with van der Waals surface area (Å²) in [7, 11) is 0. The molecule has 0 atom stereocenters. The molecule has 68 valence electrons. The molecule has 0 aliphatic carbocycles. The first kappa shape index (κ1) is 9.38. The number of hydrogen-bond acceptors (Lipinski definition) is 3. The van der Waals surface area contributed by atoms with Crippen LogP contribution < -0.4 is 0 Å². The van der Waals surface area contributed by atoms with Crippen LogP contribution in [0.25, 0.3) is 0 Å². The lowest BCUT2D eigenvalue weighted by Gasteiger charge is -2.00. The van der Waals surface area contributed by atoms with Crippen molar-refractivity contribution < 1.29 is 18.7 Å². The largest absolute Gasteiger partial charge is 0.453 e. The van der Waals surface area contributed by atoms with Crippen LogP contribution in [0.1, 0.15) is 5.56 Å². The van der Waals surface area contributed by atoms with Gasteiger partial charge in [0.25, 0.3) is 0 Å². The summed E-state index contributed by atoms with van der Waals surface area (Å²) in [6, 6.07) is 6.63. The molecule has 0 spiro atoms. The van der Waals surface area contributed by atoms with E-state index < -0.39 is 12.0 Å². The Balaban J connectivity index is 2.44. The third-order valence-electron chi connectivity index (χ3n) is 1.37. The molecule has 0 saturated carbocycles. The first-order chi connectivity index (χ1) is 6.20. The van der Waals surface area contributed by atoms with E-state index >= 15 is 0 Å². The van der Waals surface area contributed by atoms with Crippen LogP contribution in [-0.4, -0.2) is 12.0 Å². The molecule has 0 aromatic heterocycles. The molecule has 0 unspecified atom stereocenters. The number of esters is 1. The van der Waals surface area contributed by atoms with Crippen LogP contribution in [0.2, 0.25) is 0 Å². The number of hydrogen-bond donors (Lipinski definition) is 0. The lowest BCUT2D eigenvalue weighted by Crippen LogP contribution is -2.12. The Hall–Kier alpha value is -1.71. The Labute approximate surface area is 74.1 Å². The van der Waals surface area contributed by atoms with Crippen LogP contribution >= 0.6 is 0 Å². The van der Waals surface area contributed by atoms with Gasteiger partial charge in [-0.15, -0.1) is 0 Å². The van der Waals surface area contributed by atoms with Crippen LogP contribution in [0.4, 0.5) is 4.39 Å². The zero-order valence-corrected chi connectivity index (χ0v) is 6.70. The maximum Gasteiger partial charge on any atom is 0.409 e. The van der Waals surface area contributed by atoms with Crippen molar-refractivity contribution in [1.29, 1.82) is 0 Å². The second kappa shape index (κ2) is 4.35. The molecule has 3 nitrogen and oxygen atoms in total. The Morgan fingerprint density at radius 1 is 1.23 bits per heavy atom. The topological polar surface area (TPSA) is 43.4 Å². The third kappa shape index (κ3) is 3.02. The molecule has 0 amide bonds. The highest BCUT2D eigenvalue weighted by molar-refractivity contribution is 6.29. The number of carbonyl (C=O) groups is 2. The van der Waals surface area contributed by atoms with Gasteiger partial charge in [-0.1, -0.05) is 30.3 Å². The number of halogens is 1. The van der Waals surface area contributed by atoms with Crippen molar-refractivity contribution in [3.63, 3.8) is 0 Å². The van der Waals surface area contributed by atoms with Crippen molar-refractivity contribution in [2.45, 2.75) is 6.61 Å². The molecule has 1 aromatic carbocycles. The predicted octanol–water partition coefficient (Wildman–Crippen LogP) is 1.23. The molecule has 4 heteroatoms. The summed E-state index contributed by atoms with van der Waals surface area (Å²) in [5.41, 5.74) is 0.706. The predicted molar refractivity (Wildman–Crippen MR) is 42.4 cm³/mol. The number of rotatable bonds is 3. The highest BCUT2D eigenvalue weighted by Gasteiger charge is 2.13. The third-order valence-corrected chi connectivity index (χ3v) is 1.37. The van der Waals surface area contributed by atoms with Crippen LogP contribution in [0, 0.1) is 0 Å². The SMILES string of the molecule is O=C(F)C(=O)OCc1ccccc1. The number of benzene rings is 1. The second-order valence-corrected chi connectivity index (χ2v) is 2.34. The van der Waals surface area contributed by atoms with E-state index in [2.05, 4.69) is 4.74 Å². The van der Waals surface area contributed by atoms with E-state index in [-0.39, 0.29) is 6.61 Å². The molecule has 0 radical (unpaired) electrons. The van der Waals surface area contributed by atoms with Crippen molar-refractivity contribution in [2.75, 3.05) is 0 Å². The van der Waals surface area contributed by atoms with Gasteiger partial charge in [0.15, 0.2) is 0 Å². The molecule has 0 fully saturated rings. The van der Waals surface area contributed by atoms with E-state index in [4.69, 9.17) is 0 Å². The van der Waals surface area contributed by atoms with Gasteiger partial charge in [0.1, 0.15) is 6.61 Å². The van der Waals surface area contributed by atoms with Crippen molar-refractivity contribution in [2.24, 2.45) is 0 Å². The fourth-order valence-electron chi connectivity index (χ4n) is 0.780. The smallest absolute Gasteiger partial charge is 0.409 e. The Morgan fingerprint density at radius 3 is 2.38 bits per heavy atom.